The molecule has 1 aromatic rings. The summed E-state index contributed by atoms with van der Waals surface area (Å²) in [6.07, 6.45) is 0. The van der Waals surface area contributed by atoms with Crippen molar-refractivity contribution in [2.75, 3.05) is 25.1 Å². The van der Waals surface area contributed by atoms with E-state index in [-0.39, 0.29) is 11.9 Å². The molecule has 0 aliphatic carbocycles. The summed E-state index contributed by atoms with van der Waals surface area (Å²) in [5.41, 5.74) is 1.35. The number of nitrogens with one attached hydrogen (secondary N) is 2. The number of hydrogen-bond donors (Lipinski definition) is 2. The van der Waals surface area contributed by atoms with Gasteiger partial charge in [-0.1, -0.05) is 25.4 Å². The lowest BCUT2D eigenvalue weighted by molar-refractivity contribution is 0.0807. The van der Waals surface area contributed by atoms with Crippen molar-refractivity contribution in [3.8, 4) is 0 Å². The molecule has 21 heavy (non-hydrogen) atoms. The SMILES string of the molecule is CCNc1ccc(Cl)cc1C(=O)NC(COCC)C(C)C. The van der Waals surface area contributed by atoms with Crippen molar-refractivity contribution in [3.63, 3.8) is 0 Å². The molecule has 1 aromatic carbocycles. The molecule has 0 bridgehead atoms. The fourth-order valence-corrected chi connectivity index (χ4v) is 2.11. The first-order chi connectivity index (χ1) is 9.99. The maximum Gasteiger partial charge on any atom is 0.253 e. The zero-order valence-corrected chi connectivity index (χ0v) is 14.0. The van der Waals surface area contributed by atoms with Gasteiger partial charge in [-0.05, 0) is 38.0 Å². The maximum absolute atomic E-state index is 12.5. The van der Waals surface area contributed by atoms with Crippen molar-refractivity contribution in [2.24, 2.45) is 5.92 Å². The van der Waals surface area contributed by atoms with Crippen molar-refractivity contribution >= 4 is 23.2 Å². The highest BCUT2D eigenvalue weighted by Gasteiger charge is 2.19. The Hall–Kier alpha value is -1.26. The van der Waals surface area contributed by atoms with Crippen LogP contribution in [0.3, 0.4) is 0 Å². The van der Waals surface area contributed by atoms with Gasteiger partial charge in [0.15, 0.2) is 0 Å². The van der Waals surface area contributed by atoms with Crippen molar-refractivity contribution in [1.29, 1.82) is 0 Å². The Balaban J connectivity index is 2.88. The number of carbonyl (C=O) groups is 1. The van der Waals surface area contributed by atoms with Gasteiger partial charge in [-0.3, -0.25) is 4.79 Å². The fraction of sp³-hybridized carbons (Fsp3) is 0.562. The molecule has 0 saturated heterocycles. The van der Waals surface area contributed by atoms with E-state index in [4.69, 9.17) is 16.3 Å². The molecule has 1 amide bonds. The molecule has 4 nitrogen and oxygen atoms in total. The number of ether oxygens (including phenoxy) is 1. The van der Waals surface area contributed by atoms with Crippen LogP contribution in [0.4, 0.5) is 5.69 Å². The molecule has 0 radical (unpaired) electrons. The third-order valence-electron chi connectivity index (χ3n) is 3.22. The van der Waals surface area contributed by atoms with E-state index < -0.39 is 0 Å². The van der Waals surface area contributed by atoms with Gasteiger partial charge in [-0.2, -0.15) is 0 Å². The summed E-state index contributed by atoms with van der Waals surface area (Å²) in [6.45, 7) is 9.95. The van der Waals surface area contributed by atoms with Gasteiger partial charge in [0.05, 0.1) is 18.2 Å². The average molecular weight is 313 g/mol. The molecule has 0 saturated carbocycles. The number of anilines is 1. The molecule has 1 rings (SSSR count). The van der Waals surface area contributed by atoms with Crippen LogP contribution in [-0.4, -0.2) is 31.7 Å². The van der Waals surface area contributed by atoms with Gasteiger partial charge in [0.1, 0.15) is 0 Å². The topological polar surface area (TPSA) is 50.4 Å². The van der Waals surface area contributed by atoms with Crippen LogP contribution in [0.5, 0.6) is 0 Å². The third kappa shape index (κ3) is 5.56. The zero-order chi connectivity index (χ0) is 15.8. The number of rotatable bonds is 8. The van der Waals surface area contributed by atoms with E-state index in [1.54, 1.807) is 12.1 Å². The van der Waals surface area contributed by atoms with Gasteiger partial charge in [-0.15, -0.1) is 0 Å². The Morgan fingerprint density at radius 2 is 2.05 bits per heavy atom. The van der Waals surface area contributed by atoms with E-state index in [0.717, 1.165) is 12.2 Å². The smallest absolute Gasteiger partial charge is 0.253 e. The van der Waals surface area contributed by atoms with Crippen molar-refractivity contribution in [3.05, 3.63) is 28.8 Å². The average Bonchev–Trinajstić information content (AvgIpc) is 2.45. The lowest BCUT2D eigenvalue weighted by atomic mass is 10.0. The van der Waals surface area contributed by atoms with Crippen LogP contribution >= 0.6 is 11.6 Å². The number of carbonyl (C=O) groups excluding carboxylic acids is 1. The number of halogens is 1. The molecule has 5 heteroatoms. The first-order valence-corrected chi connectivity index (χ1v) is 7.79. The molecule has 0 aromatic heterocycles. The molecular weight excluding hydrogens is 288 g/mol. The fourth-order valence-electron chi connectivity index (χ4n) is 1.94. The number of amides is 1. The predicted octanol–water partition coefficient (Wildman–Crippen LogP) is 3.56. The molecule has 0 spiro atoms. The van der Waals surface area contributed by atoms with Crippen LogP contribution in [0.1, 0.15) is 38.1 Å². The zero-order valence-electron chi connectivity index (χ0n) is 13.2. The lowest BCUT2D eigenvalue weighted by Crippen LogP contribution is -2.42. The van der Waals surface area contributed by atoms with Crippen molar-refractivity contribution in [2.45, 2.75) is 33.7 Å². The Kier molecular flexibility index (Phi) is 7.54. The second-order valence-corrected chi connectivity index (χ2v) is 5.64. The van der Waals surface area contributed by atoms with Gasteiger partial charge in [0.25, 0.3) is 5.91 Å². The summed E-state index contributed by atoms with van der Waals surface area (Å²) >= 11 is 6.01. The van der Waals surface area contributed by atoms with Gasteiger partial charge in [-0.25, -0.2) is 0 Å². The second kappa shape index (κ2) is 8.90. The largest absolute Gasteiger partial charge is 0.385 e. The van der Waals surface area contributed by atoms with E-state index in [1.807, 2.05) is 19.9 Å². The lowest BCUT2D eigenvalue weighted by Gasteiger charge is -2.23. The molecule has 0 aliphatic rings. The summed E-state index contributed by atoms with van der Waals surface area (Å²) in [6, 6.07) is 5.27. The molecule has 1 unspecified atom stereocenters. The quantitative estimate of drug-likeness (QED) is 0.771. The first kappa shape index (κ1) is 17.8. The Morgan fingerprint density at radius 1 is 1.33 bits per heavy atom. The molecule has 0 aliphatic heterocycles. The van der Waals surface area contributed by atoms with E-state index in [0.29, 0.717) is 29.7 Å². The van der Waals surface area contributed by atoms with Crippen LogP contribution in [-0.2, 0) is 4.74 Å². The number of hydrogen-bond acceptors (Lipinski definition) is 3. The minimum Gasteiger partial charge on any atom is -0.385 e. The molecule has 0 fully saturated rings. The highest BCUT2D eigenvalue weighted by molar-refractivity contribution is 6.31. The van der Waals surface area contributed by atoms with Crippen LogP contribution < -0.4 is 10.6 Å². The summed E-state index contributed by atoms with van der Waals surface area (Å²) in [7, 11) is 0. The molecule has 0 heterocycles. The van der Waals surface area contributed by atoms with Gasteiger partial charge in [0, 0.05) is 23.9 Å². The van der Waals surface area contributed by atoms with Crippen molar-refractivity contribution in [1.82, 2.24) is 5.32 Å². The summed E-state index contributed by atoms with van der Waals surface area (Å²) in [5.74, 6) is 0.161. The van der Waals surface area contributed by atoms with Crippen molar-refractivity contribution < 1.29 is 9.53 Å². The highest BCUT2D eigenvalue weighted by Crippen LogP contribution is 2.21. The molecular formula is C16H25ClN2O2. The third-order valence-corrected chi connectivity index (χ3v) is 3.45. The Morgan fingerprint density at radius 3 is 2.62 bits per heavy atom. The molecule has 1 atom stereocenters. The summed E-state index contributed by atoms with van der Waals surface area (Å²) in [4.78, 5) is 12.5. The standard InChI is InChI=1S/C16H25ClN2O2/c1-5-18-14-8-7-12(17)9-13(14)16(20)19-15(11(3)4)10-21-6-2/h7-9,11,15,18H,5-6,10H2,1-4H3,(H,19,20). The first-order valence-electron chi connectivity index (χ1n) is 7.41. The molecule has 2 N–H and O–H groups in total. The van der Waals surface area contributed by atoms with Crippen LogP contribution in [0, 0.1) is 5.92 Å². The highest BCUT2D eigenvalue weighted by atomic mass is 35.5. The summed E-state index contributed by atoms with van der Waals surface area (Å²) in [5, 5.41) is 6.76. The maximum atomic E-state index is 12.5. The second-order valence-electron chi connectivity index (χ2n) is 5.20. The van der Waals surface area contributed by atoms with Crippen LogP contribution in [0.2, 0.25) is 5.02 Å². The monoisotopic (exact) mass is 312 g/mol. The van der Waals surface area contributed by atoms with Gasteiger partial charge < -0.3 is 15.4 Å². The van der Waals surface area contributed by atoms with Gasteiger partial charge in [0.2, 0.25) is 0 Å². The number of benzene rings is 1. The Labute approximate surface area is 132 Å². The van der Waals surface area contributed by atoms with Crippen LogP contribution in [0.25, 0.3) is 0 Å². The summed E-state index contributed by atoms with van der Waals surface area (Å²) < 4.78 is 5.44. The Bertz CT molecular complexity index is 464. The van der Waals surface area contributed by atoms with E-state index in [9.17, 15) is 4.79 Å². The minimum atomic E-state index is -0.133. The normalized spacial score (nSPS) is 12.3. The van der Waals surface area contributed by atoms with E-state index >= 15 is 0 Å². The van der Waals surface area contributed by atoms with Crippen LogP contribution in [0.15, 0.2) is 18.2 Å². The molecule has 118 valence electrons. The minimum absolute atomic E-state index is 0.0223. The van der Waals surface area contributed by atoms with E-state index in [2.05, 4.69) is 24.5 Å². The predicted molar refractivity (Wildman–Crippen MR) is 88.2 cm³/mol. The van der Waals surface area contributed by atoms with Gasteiger partial charge >= 0.3 is 0 Å². The van der Waals surface area contributed by atoms with E-state index in [1.165, 1.54) is 0 Å².